The molecule has 0 aliphatic carbocycles. The first-order valence-corrected chi connectivity index (χ1v) is 8.87. The van der Waals surface area contributed by atoms with Gasteiger partial charge in [-0.15, -0.1) is 5.10 Å². The molecule has 1 aromatic rings. The van der Waals surface area contributed by atoms with E-state index in [-0.39, 0.29) is 29.3 Å². The van der Waals surface area contributed by atoms with Gasteiger partial charge in [-0.05, 0) is 24.6 Å². The summed E-state index contributed by atoms with van der Waals surface area (Å²) in [5.74, 6) is -1.63. The Morgan fingerprint density at radius 1 is 1.38 bits per heavy atom. The van der Waals surface area contributed by atoms with E-state index in [1.54, 1.807) is 25.1 Å². The minimum Gasteiger partial charge on any atom is -0.481 e. The Morgan fingerprint density at radius 2 is 2.12 bits per heavy atom. The number of aliphatic carboxylic acids is 1. The van der Waals surface area contributed by atoms with Gasteiger partial charge in [0, 0.05) is 11.6 Å². The van der Waals surface area contributed by atoms with E-state index in [9.17, 15) is 14.4 Å². The number of benzene rings is 1. The number of carbonyl (C=O) groups excluding carboxylic acids is 2. The van der Waals surface area contributed by atoms with E-state index in [1.165, 1.54) is 0 Å². The van der Waals surface area contributed by atoms with Crippen LogP contribution >= 0.6 is 11.8 Å². The number of nitrogens with one attached hydrogen (secondary N) is 2. The smallest absolute Gasteiger partial charge is 0.305 e. The third-order valence-electron chi connectivity index (χ3n) is 3.50. The summed E-state index contributed by atoms with van der Waals surface area (Å²) in [6.45, 7) is 5.38. The molecule has 3 N–H and O–H groups in total. The van der Waals surface area contributed by atoms with Gasteiger partial charge < -0.3 is 15.7 Å². The molecule has 1 atom stereocenters. The average Bonchev–Trinajstić information content (AvgIpc) is 2.92. The van der Waals surface area contributed by atoms with Crippen molar-refractivity contribution < 1.29 is 19.5 Å². The third-order valence-corrected chi connectivity index (χ3v) is 4.57. The highest BCUT2D eigenvalue weighted by Crippen LogP contribution is 2.22. The van der Waals surface area contributed by atoms with Crippen LogP contribution in [0.5, 0.6) is 0 Å². The van der Waals surface area contributed by atoms with Gasteiger partial charge in [-0.25, -0.2) is 0 Å². The molecule has 0 radical (unpaired) electrons. The molecule has 8 nitrogen and oxygen atoms in total. The number of carboxylic acids is 1. The van der Waals surface area contributed by atoms with E-state index in [0.29, 0.717) is 11.4 Å². The fraction of sp³-hybridized carbons (Fsp3) is 0.353. The van der Waals surface area contributed by atoms with Crippen molar-refractivity contribution in [3.8, 4) is 0 Å². The molecule has 0 bridgehead atoms. The van der Waals surface area contributed by atoms with Crippen LogP contribution in [-0.2, 0) is 14.4 Å². The highest BCUT2D eigenvalue weighted by Gasteiger charge is 2.32. The maximum Gasteiger partial charge on any atom is 0.305 e. The van der Waals surface area contributed by atoms with E-state index in [4.69, 9.17) is 5.11 Å². The number of carboxylic acid groups (broad SMARTS) is 1. The summed E-state index contributed by atoms with van der Waals surface area (Å²) in [5, 5.41) is 21.7. The molecule has 0 unspecified atom stereocenters. The van der Waals surface area contributed by atoms with Crippen LogP contribution in [0, 0.1) is 5.92 Å². The summed E-state index contributed by atoms with van der Waals surface area (Å²) in [7, 11) is 0. The van der Waals surface area contributed by atoms with Crippen LogP contribution in [0.4, 0.5) is 5.69 Å². The maximum absolute atomic E-state index is 11.8. The first-order valence-electron chi connectivity index (χ1n) is 7.99. The second-order valence-corrected chi connectivity index (χ2v) is 7.20. The topological polar surface area (TPSA) is 120 Å². The Bertz CT molecular complexity index is 789. The average molecular weight is 376 g/mol. The van der Waals surface area contributed by atoms with Crippen LogP contribution in [0.2, 0.25) is 0 Å². The maximum atomic E-state index is 11.8. The molecule has 2 rings (SSSR count). The number of carbonyl (C=O) groups is 3. The molecule has 1 fully saturated rings. The SMILES string of the molecule is CC(=NN=C1NC(=O)[C@H](CC(=O)O)S1)c1cccc(NC(=O)C(C)C)c1. The Morgan fingerprint density at radius 3 is 2.77 bits per heavy atom. The van der Waals surface area contributed by atoms with E-state index in [0.717, 1.165) is 17.3 Å². The Hall–Kier alpha value is -2.68. The Balaban J connectivity index is 2.09. The van der Waals surface area contributed by atoms with Crippen molar-refractivity contribution >= 4 is 46.1 Å². The first-order chi connectivity index (χ1) is 12.3. The van der Waals surface area contributed by atoms with E-state index < -0.39 is 11.2 Å². The molecule has 0 saturated carbocycles. The van der Waals surface area contributed by atoms with Crippen LogP contribution in [0.15, 0.2) is 34.5 Å². The molecule has 1 aliphatic heterocycles. The molecule has 9 heteroatoms. The molecule has 1 saturated heterocycles. The van der Waals surface area contributed by atoms with E-state index in [1.807, 2.05) is 19.9 Å². The lowest BCUT2D eigenvalue weighted by molar-refractivity contribution is -0.138. The van der Waals surface area contributed by atoms with Crippen LogP contribution < -0.4 is 10.6 Å². The summed E-state index contributed by atoms with van der Waals surface area (Å²) >= 11 is 1.04. The fourth-order valence-corrected chi connectivity index (χ4v) is 2.94. The number of thioether (sulfide) groups is 1. The fourth-order valence-electron chi connectivity index (χ4n) is 2.03. The van der Waals surface area contributed by atoms with Crippen molar-refractivity contribution in [3.05, 3.63) is 29.8 Å². The highest BCUT2D eigenvalue weighted by atomic mass is 32.2. The van der Waals surface area contributed by atoms with Crippen LogP contribution in [0.1, 0.15) is 32.8 Å². The standard InChI is InChI=1S/C17H20N4O4S/c1-9(2)15(24)18-12-6-4-5-11(7-12)10(3)20-21-17-19-16(25)13(26-17)8-14(22)23/h4-7,9,13H,8H2,1-3H3,(H,18,24)(H,22,23)(H,19,21,25)/t13-/m0/s1. The zero-order valence-electron chi connectivity index (χ0n) is 14.6. The van der Waals surface area contributed by atoms with Gasteiger partial charge in [0.15, 0.2) is 5.17 Å². The second kappa shape index (κ2) is 8.61. The van der Waals surface area contributed by atoms with Gasteiger partial charge in [-0.2, -0.15) is 5.10 Å². The first kappa shape index (κ1) is 19.6. The normalized spacial score (nSPS) is 18.9. The number of anilines is 1. The predicted octanol–water partition coefficient (Wildman–Crippen LogP) is 2.07. The lowest BCUT2D eigenvalue weighted by Gasteiger charge is -2.09. The summed E-state index contributed by atoms with van der Waals surface area (Å²) in [4.78, 5) is 34.2. The van der Waals surface area contributed by atoms with Crippen molar-refractivity contribution in [2.75, 3.05) is 5.32 Å². The lowest BCUT2D eigenvalue weighted by atomic mass is 10.1. The molecular formula is C17H20N4O4S. The van der Waals surface area contributed by atoms with Gasteiger partial charge in [0.2, 0.25) is 11.8 Å². The number of amides is 2. The molecule has 26 heavy (non-hydrogen) atoms. The number of hydrogen-bond acceptors (Lipinski definition) is 6. The molecule has 0 aromatic heterocycles. The van der Waals surface area contributed by atoms with Gasteiger partial charge in [0.05, 0.1) is 12.1 Å². The molecule has 1 aliphatic rings. The second-order valence-electron chi connectivity index (χ2n) is 6.01. The number of nitrogens with zero attached hydrogens (tertiary/aromatic N) is 2. The van der Waals surface area contributed by atoms with Crippen molar-refractivity contribution in [2.45, 2.75) is 32.4 Å². The highest BCUT2D eigenvalue weighted by molar-refractivity contribution is 8.15. The molecule has 0 spiro atoms. The Labute approximate surface area is 155 Å². The van der Waals surface area contributed by atoms with Gasteiger partial charge >= 0.3 is 5.97 Å². The predicted molar refractivity (Wildman–Crippen MR) is 101 cm³/mol. The quantitative estimate of drug-likeness (QED) is 0.518. The van der Waals surface area contributed by atoms with Gasteiger partial charge in [-0.3, -0.25) is 14.4 Å². The summed E-state index contributed by atoms with van der Waals surface area (Å²) in [6, 6.07) is 7.20. The van der Waals surface area contributed by atoms with Crippen molar-refractivity contribution in [2.24, 2.45) is 16.1 Å². The van der Waals surface area contributed by atoms with Crippen LogP contribution in [-0.4, -0.2) is 39.0 Å². The molecule has 138 valence electrons. The minimum atomic E-state index is -1.04. The van der Waals surface area contributed by atoms with Crippen LogP contribution in [0.3, 0.4) is 0 Å². The summed E-state index contributed by atoms with van der Waals surface area (Å²) in [6.07, 6.45) is -0.268. The Kier molecular flexibility index (Phi) is 6.51. The van der Waals surface area contributed by atoms with Gasteiger partial charge in [-0.1, -0.05) is 37.7 Å². The zero-order chi connectivity index (χ0) is 19.3. The molecule has 1 heterocycles. The monoisotopic (exact) mass is 376 g/mol. The number of hydrogen-bond donors (Lipinski definition) is 3. The molecule has 2 amide bonds. The number of amidine groups is 1. The van der Waals surface area contributed by atoms with Crippen molar-refractivity contribution in [3.63, 3.8) is 0 Å². The molecule has 1 aromatic carbocycles. The molecular weight excluding hydrogens is 356 g/mol. The summed E-state index contributed by atoms with van der Waals surface area (Å²) < 4.78 is 0. The van der Waals surface area contributed by atoms with Gasteiger partial charge in [0.25, 0.3) is 0 Å². The lowest BCUT2D eigenvalue weighted by Crippen LogP contribution is -2.26. The minimum absolute atomic E-state index is 0.0773. The van der Waals surface area contributed by atoms with Crippen LogP contribution in [0.25, 0.3) is 0 Å². The van der Waals surface area contributed by atoms with E-state index in [2.05, 4.69) is 20.8 Å². The van der Waals surface area contributed by atoms with E-state index >= 15 is 0 Å². The summed E-state index contributed by atoms with van der Waals surface area (Å²) in [5.41, 5.74) is 2.02. The third kappa shape index (κ3) is 5.41. The van der Waals surface area contributed by atoms with Gasteiger partial charge in [0.1, 0.15) is 5.25 Å². The van der Waals surface area contributed by atoms with Crippen molar-refractivity contribution in [1.29, 1.82) is 0 Å². The number of rotatable bonds is 6. The largest absolute Gasteiger partial charge is 0.481 e. The van der Waals surface area contributed by atoms with Crippen molar-refractivity contribution in [1.82, 2.24) is 5.32 Å². The zero-order valence-corrected chi connectivity index (χ0v) is 15.5.